The zero-order chi connectivity index (χ0) is 17.8. The van der Waals surface area contributed by atoms with Crippen LogP contribution in [0, 0.1) is 6.92 Å². The van der Waals surface area contributed by atoms with Crippen molar-refractivity contribution in [3.63, 3.8) is 0 Å². The first kappa shape index (κ1) is 17.7. The highest BCUT2D eigenvalue weighted by molar-refractivity contribution is 7.82. The van der Waals surface area contributed by atoms with Crippen LogP contribution in [-0.2, 0) is 11.0 Å². The van der Waals surface area contributed by atoms with Crippen molar-refractivity contribution in [1.29, 1.82) is 0 Å². The lowest BCUT2D eigenvalue weighted by atomic mass is 10.2. The highest BCUT2D eigenvalue weighted by Gasteiger charge is 2.26. The summed E-state index contributed by atoms with van der Waals surface area (Å²) in [5.74, 6) is 2.33. The van der Waals surface area contributed by atoms with Crippen LogP contribution in [0.5, 0.6) is 11.5 Å². The molecule has 2 aromatic rings. The van der Waals surface area contributed by atoms with Crippen molar-refractivity contribution in [2.45, 2.75) is 11.8 Å². The summed E-state index contributed by atoms with van der Waals surface area (Å²) in [6, 6.07) is 9.56. The number of hydrogen-bond acceptors (Lipinski definition) is 5. The Morgan fingerprint density at radius 3 is 2.40 bits per heavy atom. The number of methoxy groups -OCH3 is 2. The van der Waals surface area contributed by atoms with Crippen LogP contribution in [0.4, 0.5) is 5.82 Å². The number of piperazine rings is 1. The van der Waals surface area contributed by atoms with Crippen LogP contribution in [0.2, 0.25) is 0 Å². The van der Waals surface area contributed by atoms with Crippen molar-refractivity contribution in [1.82, 2.24) is 9.29 Å². The molecule has 7 heteroatoms. The van der Waals surface area contributed by atoms with E-state index >= 15 is 0 Å². The minimum Gasteiger partial charge on any atom is -0.496 e. The van der Waals surface area contributed by atoms with Crippen LogP contribution in [0.25, 0.3) is 0 Å². The highest BCUT2D eigenvalue weighted by Crippen LogP contribution is 2.34. The van der Waals surface area contributed by atoms with Crippen LogP contribution >= 0.6 is 0 Å². The molecule has 3 rings (SSSR count). The molecule has 1 fully saturated rings. The van der Waals surface area contributed by atoms with Gasteiger partial charge < -0.3 is 14.4 Å². The Morgan fingerprint density at radius 2 is 1.80 bits per heavy atom. The number of hydrogen-bond donors (Lipinski definition) is 0. The van der Waals surface area contributed by atoms with Gasteiger partial charge in [0.15, 0.2) is 0 Å². The van der Waals surface area contributed by atoms with E-state index in [0.29, 0.717) is 23.7 Å². The molecule has 1 saturated heterocycles. The van der Waals surface area contributed by atoms with Gasteiger partial charge in [0.05, 0.1) is 19.1 Å². The molecule has 2 heterocycles. The summed E-state index contributed by atoms with van der Waals surface area (Å²) < 4.78 is 25.9. The number of pyridine rings is 1. The van der Waals surface area contributed by atoms with E-state index in [4.69, 9.17) is 9.47 Å². The lowest BCUT2D eigenvalue weighted by molar-refractivity contribution is 0.376. The molecule has 1 atom stereocenters. The normalized spacial score (nSPS) is 16.5. The fraction of sp³-hybridized carbons (Fsp3) is 0.389. The number of rotatable bonds is 5. The van der Waals surface area contributed by atoms with Gasteiger partial charge in [-0.1, -0.05) is 6.07 Å². The summed E-state index contributed by atoms with van der Waals surface area (Å²) >= 11 is 0. The van der Waals surface area contributed by atoms with Crippen molar-refractivity contribution in [2.75, 3.05) is 45.3 Å². The van der Waals surface area contributed by atoms with Gasteiger partial charge in [-0.3, -0.25) is 0 Å². The Balaban J connectivity index is 1.74. The summed E-state index contributed by atoms with van der Waals surface area (Å²) in [5.41, 5.74) is 0.864. The molecule has 0 amide bonds. The Bertz CT molecular complexity index is 747. The molecule has 1 aliphatic rings. The lowest BCUT2D eigenvalue weighted by Crippen LogP contribution is -2.47. The number of aromatic nitrogens is 1. The van der Waals surface area contributed by atoms with Gasteiger partial charge in [0, 0.05) is 37.9 Å². The number of ether oxygens (including phenoxy) is 2. The zero-order valence-corrected chi connectivity index (χ0v) is 15.6. The molecule has 0 spiro atoms. The van der Waals surface area contributed by atoms with E-state index in [9.17, 15) is 4.21 Å². The maximum absolute atomic E-state index is 13.1. The first-order valence-electron chi connectivity index (χ1n) is 8.20. The molecule has 25 heavy (non-hydrogen) atoms. The molecule has 1 aromatic carbocycles. The van der Waals surface area contributed by atoms with Gasteiger partial charge >= 0.3 is 0 Å². The maximum atomic E-state index is 13.1. The summed E-state index contributed by atoms with van der Waals surface area (Å²) in [4.78, 5) is 7.29. The van der Waals surface area contributed by atoms with E-state index in [1.807, 2.05) is 41.6 Å². The highest BCUT2D eigenvalue weighted by atomic mass is 32.2. The molecule has 0 bridgehead atoms. The Kier molecular flexibility index (Phi) is 5.55. The minimum atomic E-state index is -1.27. The second-order valence-electron chi connectivity index (χ2n) is 5.78. The fourth-order valence-electron chi connectivity index (χ4n) is 3.02. The summed E-state index contributed by atoms with van der Waals surface area (Å²) in [6.07, 6.45) is 1.80. The molecule has 1 aromatic heterocycles. The first-order valence-corrected chi connectivity index (χ1v) is 9.30. The topological polar surface area (TPSA) is 54.9 Å². The van der Waals surface area contributed by atoms with E-state index in [0.717, 1.165) is 30.2 Å². The average molecular weight is 361 g/mol. The smallest absolute Gasteiger partial charge is 0.142 e. The van der Waals surface area contributed by atoms with Gasteiger partial charge in [-0.25, -0.2) is 13.5 Å². The summed E-state index contributed by atoms with van der Waals surface area (Å²) in [7, 11) is 1.95. The van der Waals surface area contributed by atoms with Gasteiger partial charge in [0.1, 0.15) is 28.3 Å². The van der Waals surface area contributed by atoms with E-state index in [1.54, 1.807) is 20.4 Å². The Labute approximate surface area is 151 Å². The quantitative estimate of drug-likeness (QED) is 0.818. The van der Waals surface area contributed by atoms with Crippen molar-refractivity contribution >= 4 is 16.8 Å². The third-order valence-corrected chi connectivity index (χ3v) is 5.91. The van der Waals surface area contributed by atoms with Crippen LogP contribution in [0.15, 0.2) is 41.4 Å². The number of benzene rings is 1. The van der Waals surface area contributed by atoms with E-state index in [1.165, 1.54) is 0 Å². The van der Waals surface area contributed by atoms with Crippen LogP contribution in [0.3, 0.4) is 0 Å². The minimum absolute atomic E-state index is 0.629. The molecule has 0 saturated carbocycles. The maximum Gasteiger partial charge on any atom is 0.142 e. The summed E-state index contributed by atoms with van der Waals surface area (Å²) in [6.45, 7) is 4.91. The monoisotopic (exact) mass is 361 g/mol. The largest absolute Gasteiger partial charge is 0.496 e. The zero-order valence-electron chi connectivity index (χ0n) is 14.8. The van der Waals surface area contributed by atoms with Crippen molar-refractivity contribution in [3.8, 4) is 11.5 Å². The number of nitrogens with zero attached hydrogens (tertiary/aromatic N) is 3. The molecule has 134 valence electrons. The van der Waals surface area contributed by atoms with Crippen LogP contribution in [0.1, 0.15) is 5.56 Å². The Morgan fingerprint density at radius 1 is 1.04 bits per heavy atom. The first-order chi connectivity index (χ1) is 12.2. The second-order valence-corrected chi connectivity index (χ2v) is 7.23. The molecule has 1 aliphatic heterocycles. The van der Waals surface area contributed by atoms with Gasteiger partial charge in [0.2, 0.25) is 0 Å². The third kappa shape index (κ3) is 3.62. The van der Waals surface area contributed by atoms with Crippen molar-refractivity contribution in [2.24, 2.45) is 0 Å². The number of anilines is 1. The standard InChI is InChI=1S/C18H23N3O3S/c1-14-15(23-2)7-8-16(18(14)24-3)25(22)21-12-10-20(11-13-21)17-6-4-5-9-19-17/h4-9H,10-13H2,1-3H3/t25-/m1/s1. The van der Waals surface area contributed by atoms with E-state index < -0.39 is 11.0 Å². The van der Waals surface area contributed by atoms with Gasteiger partial charge in [-0.05, 0) is 31.2 Å². The van der Waals surface area contributed by atoms with Crippen LogP contribution < -0.4 is 14.4 Å². The van der Waals surface area contributed by atoms with Crippen molar-refractivity contribution < 1.29 is 13.7 Å². The second kappa shape index (κ2) is 7.84. The predicted octanol–water partition coefficient (Wildman–Crippen LogP) is 2.25. The predicted molar refractivity (Wildman–Crippen MR) is 98.7 cm³/mol. The molecule has 0 unspecified atom stereocenters. The summed E-state index contributed by atoms with van der Waals surface area (Å²) in [5, 5.41) is 0. The molecular weight excluding hydrogens is 338 g/mol. The molecule has 6 nitrogen and oxygen atoms in total. The fourth-order valence-corrected chi connectivity index (χ4v) is 4.38. The molecule has 0 N–H and O–H groups in total. The average Bonchev–Trinajstić information content (AvgIpc) is 2.68. The van der Waals surface area contributed by atoms with Gasteiger partial charge in [0.25, 0.3) is 0 Å². The Hall–Kier alpha value is -2.12. The van der Waals surface area contributed by atoms with Gasteiger partial charge in [-0.2, -0.15) is 0 Å². The lowest BCUT2D eigenvalue weighted by Gasteiger charge is -2.34. The molecular formula is C18H23N3O3S. The molecule has 0 radical (unpaired) electrons. The van der Waals surface area contributed by atoms with Crippen LogP contribution in [-0.4, -0.2) is 53.9 Å². The SMILES string of the molecule is COc1ccc([S@@](=O)N2CCN(c3ccccn3)CC2)c(OC)c1C. The van der Waals surface area contributed by atoms with E-state index in [2.05, 4.69) is 9.88 Å². The van der Waals surface area contributed by atoms with Gasteiger partial charge in [-0.15, -0.1) is 0 Å². The molecule has 0 aliphatic carbocycles. The third-order valence-electron chi connectivity index (χ3n) is 4.38. The van der Waals surface area contributed by atoms with Crippen molar-refractivity contribution in [3.05, 3.63) is 42.1 Å². The van der Waals surface area contributed by atoms with E-state index in [-0.39, 0.29) is 0 Å².